The first kappa shape index (κ1) is 12.3. The van der Waals surface area contributed by atoms with Gasteiger partial charge in [-0.05, 0) is 31.9 Å². The number of hydrogen-bond acceptors (Lipinski definition) is 3. The Morgan fingerprint density at radius 3 is 3.00 bits per heavy atom. The van der Waals surface area contributed by atoms with Crippen LogP contribution < -0.4 is 5.32 Å². The van der Waals surface area contributed by atoms with Gasteiger partial charge >= 0.3 is 0 Å². The van der Waals surface area contributed by atoms with Crippen LogP contribution >= 0.6 is 34.7 Å². The van der Waals surface area contributed by atoms with Crippen molar-refractivity contribution >= 4 is 40.6 Å². The Morgan fingerprint density at radius 2 is 2.44 bits per heavy atom. The second kappa shape index (κ2) is 5.43. The van der Waals surface area contributed by atoms with Gasteiger partial charge in [-0.1, -0.05) is 11.6 Å². The minimum Gasteiger partial charge on any atom is -0.352 e. The summed E-state index contributed by atoms with van der Waals surface area (Å²) in [5.41, 5.74) is 0. The zero-order chi connectivity index (χ0) is 11.5. The Bertz CT molecular complexity index is 376. The van der Waals surface area contributed by atoms with Crippen molar-refractivity contribution in [2.75, 3.05) is 0 Å². The van der Waals surface area contributed by atoms with E-state index in [0.717, 1.165) is 22.9 Å². The molecule has 1 aromatic heterocycles. The Hall–Kier alpha value is -0.190. The van der Waals surface area contributed by atoms with Crippen molar-refractivity contribution in [3.8, 4) is 0 Å². The summed E-state index contributed by atoms with van der Waals surface area (Å²) < 4.78 is 0.811. The van der Waals surface area contributed by atoms with Gasteiger partial charge in [-0.2, -0.15) is 0 Å². The number of hydrogen-bond donors (Lipinski definition) is 1. The molecule has 1 amide bonds. The fourth-order valence-corrected chi connectivity index (χ4v) is 3.31. The summed E-state index contributed by atoms with van der Waals surface area (Å²) in [4.78, 5) is 12.9. The van der Waals surface area contributed by atoms with Crippen molar-refractivity contribution in [3.63, 3.8) is 0 Å². The molecule has 1 unspecified atom stereocenters. The summed E-state index contributed by atoms with van der Waals surface area (Å²) in [6.45, 7) is 1.96. The lowest BCUT2D eigenvalue weighted by Gasteiger charge is -2.10. The lowest BCUT2D eigenvalue weighted by atomic mass is 10.4. The first-order valence-corrected chi connectivity index (χ1v) is 7.55. The van der Waals surface area contributed by atoms with Crippen LogP contribution in [0, 0.1) is 0 Å². The number of rotatable bonds is 5. The first-order chi connectivity index (χ1) is 7.65. The number of thioether (sulfide) groups is 1. The van der Waals surface area contributed by atoms with Crippen molar-refractivity contribution in [1.29, 1.82) is 0 Å². The van der Waals surface area contributed by atoms with Crippen LogP contribution in [0.2, 0.25) is 4.34 Å². The highest BCUT2D eigenvalue weighted by molar-refractivity contribution is 7.99. The minimum atomic E-state index is 0.0153. The van der Waals surface area contributed by atoms with Gasteiger partial charge in [-0.15, -0.1) is 23.1 Å². The van der Waals surface area contributed by atoms with E-state index < -0.39 is 0 Å². The zero-order valence-corrected chi connectivity index (χ0v) is 11.4. The molecule has 0 aliphatic heterocycles. The maximum absolute atomic E-state index is 11.7. The van der Waals surface area contributed by atoms with E-state index in [-0.39, 0.29) is 11.2 Å². The predicted molar refractivity (Wildman–Crippen MR) is 71.3 cm³/mol. The largest absolute Gasteiger partial charge is 0.352 e. The number of amides is 1. The third-order valence-electron chi connectivity index (χ3n) is 2.40. The van der Waals surface area contributed by atoms with Crippen LogP contribution in [0.5, 0.6) is 0 Å². The van der Waals surface area contributed by atoms with E-state index in [1.54, 1.807) is 23.1 Å². The molecule has 0 radical (unpaired) electrons. The number of halogens is 1. The average Bonchev–Trinajstić information content (AvgIpc) is 2.96. The number of thiophene rings is 1. The van der Waals surface area contributed by atoms with Crippen LogP contribution in [0.3, 0.4) is 0 Å². The Balaban J connectivity index is 1.73. The lowest BCUT2D eigenvalue weighted by Crippen LogP contribution is -2.32. The van der Waals surface area contributed by atoms with Crippen molar-refractivity contribution in [2.45, 2.75) is 36.8 Å². The number of carbonyl (C=O) groups is 1. The average molecular weight is 276 g/mol. The van der Waals surface area contributed by atoms with Crippen molar-refractivity contribution in [3.05, 3.63) is 21.3 Å². The second-order valence-corrected chi connectivity index (χ2v) is 7.07. The highest BCUT2D eigenvalue weighted by atomic mass is 35.5. The van der Waals surface area contributed by atoms with Crippen molar-refractivity contribution < 1.29 is 4.79 Å². The summed E-state index contributed by atoms with van der Waals surface area (Å²) in [5.74, 6) is 1.02. The Kier molecular flexibility index (Phi) is 4.16. The van der Waals surface area contributed by atoms with Gasteiger partial charge in [-0.3, -0.25) is 4.79 Å². The van der Waals surface area contributed by atoms with E-state index in [1.165, 1.54) is 4.88 Å². The molecule has 1 N–H and O–H groups in total. The van der Waals surface area contributed by atoms with E-state index in [4.69, 9.17) is 11.6 Å². The van der Waals surface area contributed by atoms with Crippen molar-refractivity contribution in [2.24, 2.45) is 0 Å². The molecule has 1 aromatic rings. The minimum absolute atomic E-state index is 0.0153. The van der Waals surface area contributed by atoms with E-state index in [2.05, 4.69) is 5.32 Å². The first-order valence-electron chi connectivity index (χ1n) is 5.31. The Labute approximate surface area is 109 Å². The van der Waals surface area contributed by atoms with Gasteiger partial charge in [0.15, 0.2) is 0 Å². The second-order valence-electron chi connectivity index (χ2n) is 3.94. The standard InChI is InChI=1S/C11H14ClNOS2/c1-7(11(14)13-8-2-3-8)15-6-9-4-5-10(12)16-9/h4-5,7-8H,2-3,6H2,1H3,(H,13,14). The topological polar surface area (TPSA) is 29.1 Å². The van der Waals surface area contributed by atoms with Gasteiger partial charge in [0.1, 0.15) is 0 Å². The maximum Gasteiger partial charge on any atom is 0.233 e. The third kappa shape index (κ3) is 3.68. The highest BCUT2D eigenvalue weighted by Gasteiger charge is 2.25. The van der Waals surface area contributed by atoms with E-state index >= 15 is 0 Å². The molecule has 2 nitrogen and oxygen atoms in total. The van der Waals surface area contributed by atoms with E-state index in [1.807, 2.05) is 19.1 Å². The van der Waals surface area contributed by atoms with Gasteiger partial charge in [0.25, 0.3) is 0 Å². The molecule has 1 atom stereocenters. The summed E-state index contributed by atoms with van der Waals surface area (Å²) in [6.07, 6.45) is 2.29. The molecule has 1 fully saturated rings. The van der Waals surface area contributed by atoms with E-state index in [0.29, 0.717) is 6.04 Å². The van der Waals surface area contributed by atoms with Gasteiger partial charge < -0.3 is 5.32 Å². The molecule has 16 heavy (non-hydrogen) atoms. The van der Waals surface area contributed by atoms with Crippen molar-refractivity contribution in [1.82, 2.24) is 5.32 Å². The fourth-order valence-electron chi connectivity index (χ4n) is 1.26. The van der Waals surface area contributed by atoms with Crippen LogP contribution in [-0.4, -0.2) is 17.2 Å². The van der Waals surface area contributed by atoms with Crippen LogP contribution in [0.1, 0.15) is 24.6 Å². The van der Waals surface area contributed by atoms with Gasteiger partial charge in [0, 0.05) is 16.7 Å². The molecular weight excluding hydrogens is 262 g/mol. The molecule has 0 saturated heterocycles. The molecule has 1 aliphatic carbocycles. The SMILES string of the molecule is CC(SCc1ccc(Cl)s1)C(=O)NC1CC1. The number of carbonyl (C=O) groups excluding carboxylic acids is 1. The molecule has 1 heterocycles. The normalized spacial score (nSPS) is 17.1. The molecule has 0 spiro atoms. The summed E-state index contributed by atoms with van der Waals surface area (Å²) >= 11 is 9.09. The smallest absolute Gasteiger partial charge is 0.233 e. The Morgan fingerprint density at radius 1 is 1.69 bits per heavy atom. The molecule has 1 saturated carbocycles. The molecule has 5 heteroatoms. The monoisotopic (exact) mass is 275 g/mol. The maximum atomic E-state index is 11.7. The lowest BCUT2D eigenvalue weighted by molar-refractivity contribution is -0.120. The van der Waals surface area contributed by atoms with Crippen LogP contribution in [0.4, 0.5) is 0 Å². The van der Waals surface area contributed by atoms with Gasteiger partial charge in [0.2, 0.25) is 5.91 Å². The molecule has 88 valence electrons. The molecular formula is C11H14ClNOS2. The molecule has 0 bridgehead atoms. The molecule has 1 aliphatic rings. The van der Waals surface area contributed by atoms with Crippen LogP contribution in [-0.2, 0) is 10.5 Å². The number of nitrogens with one attached hydrogen (secondary N) is 1. The molecule has 0 aromatic carbocycles. The zero-order valence-electron chi connectivity index (χ0n) is 9.03. The highest BCUT2D eigenvalue weighted by Crippen LogP contribution is 2.27. The fraction of sp³-hybridized carbons (Fsp3) is 0.545. The summed E-state index contributed by atoms with van der Waals surface area (Å²) in [5, 5.41) is 3.03. The molecule has 2 rings (SSSR count). The van der Waals surface area contributed by atoms with E-state index in [9.17, 15) is 4.79 Å². The third-order valence-corrected chi connectivity index (χ3v) is 5.00. The van der Waals surface area contributed by atoms with Gasteiger partial charge in [0.05, 0.1) is 9.59 Å². The summed E-state index contributed by atoms with van der Waals surface area (Å²) in [7, 11) is 0. The predicted octanol–water partition coefficient (Wildman–Crippen LogP) is 3.30. The quantitative estimate of drug-likeness (QED) is 0.893. The van der Waals surface area contributed by atoms with Gasteiger partial charge in [-0.25, -0.2) is 0 Å². The van der Waals surface area contributed by atoms with Crippen LogP contribution in [0.25, 0.3) is 0 Å². The van der Waals surface area contributed by atoms with Crippen LogP contribution in [0.15, 0.2) is 12.1 Å². The summed E-state index contributed by atoms with van der Waals surface area (Å²) in [6, 6.07) is 4.37.